The molecule has 7 aromatic carbocycles. The summed E-state index contributed by atoms with van der Waals surface area (Å²) >= 11 is 0. The van der Waals surface area contributed by atoms with E-state index in [1.165, 1.54) is 15.6 Å². The highest BCUT2D eigenvalue weighted by molar-refractivity contribution is 7.19. The zero-order valence-electron chi connectivity index (χ0n) is 27.0. The third-order valence-corrected chi connectivity index (χ3v) is 14.4. The van der Waals surface area contributed by atoms with Gasteiger partial charge >= 0.3 is 0 Å². The second kappa shape index (κ2) is 12.6. The number of nitrogens with zero attached hydrogens (tertiary/aromatic N) is 4. The van der Waals surface area contributed by atoms with Crippen LogP contribution in [0.5, 0.6) is 0 Å². The van der Waals surface area contributed by atoms with Crippen molar-refractivity contribution >= 4 is 50.6 Å². The van der Waals surface area contributed by atoms with E-state index in [0.29, 0.717) is 16.7 Å². The van der Waals surface area contributed by atoms with E-state index in [1.807, 2.05) is 66.7 Å². The lowest BCUT2D eigenvalue weighted by atomic mass is 9.98. The van der Waals surface area contributed by atoms with Gasteiger partial charge in [0.25, 0.3) is 0 Å². The van der Waals surface area contributed by atoms with Gasteiger partial charge in [-0.25, -0.2) is 0 Å². The quantitative estimate of drug-likeness (QED) is 0.138. The summed E-state index contributed by atoms with van der Waals surface area (Å²) in [6.07, 6.45) is 0. The number of nitriles is 3. The molecule has 0 fully saturated rings. The smallest absolute Gasteiger partial charge is 0.179 e. The summed E-state index contributed by atoms with van der Waals surface area (Å²) in [5.41, 5.74) is 5.88. The molecule has 0 saturated carbocycles. The number of benzene rings is 7. The Morgan fingerprint density at radius 3 is 1.60 bits per heavy atom. The van der Waals surface area contributed by atoms with Crippen LogP contribution in [0.3, 0.4) is 0 Å². The van der Waals surface area contributed by atoms with Gasteiger partial charge in [0.2, 0.25) is 0 Å². The number of para-hydroxylation sites is 1. The maximum atomic E-state index is 10.5. The largest absolute Gasteiger partial charge is 0.309 e. The number of rotatable bonds is 6. The molecule has 50 heavy (non-hydrogen) atoms. The Hall–Kier alpha value is -6.97. The van der Waals surface area contributed by atoms with Crippen LogP contribution in [0, 0.1) is 34.0 Å². The van der Waals surface area contributed by atoms with Gasteiger partial charge in [-0.1, -0.05) is 121 Å². The molecule has 0 unspecified atom stereocenters. The van der Waals surface area contributed by atoms with E-state index in [4.69, 9.17) is 0 Å². The van der Waals surface area contributed by atoms with Gasteiger partial charge in [0.05, 0.1) is 45.9 Å². The first kappa shape index (κ1) is 30.4. The van der Waals surface area contributed by atoms with Crippen LogP contribution >= 0.6 is 0 Å². The number of fused-ring (bicyclic) bond motifs is 3. The molecule has 8 rings (SSSR count). The molecule has 4 nitrogen and oxygen atoms in total. The molecular weight excluding hydrogens is 625 g/mol. The maximum Gasteiger partial charge on any atom is 0.179 e. The van der Waals surface area contributed by atoms with Gasteiger partial charge in [-0.2, -0.15) is 15.8 Å². The molecule has 0 aliphatic carbocycles. The topological polar surface area (TPSA) is 76.3 Å². The molecule has 0 bridgehead atoms. The van der Waals surface area contributed by atoms with Crippen molar-refractivity contribution in [3.05, 3.63) is 187 Å². The second-order valence-electron chi connectivity index (χ2n) is 12.3. The van der Waals surface area contributed by atoms with Crippen molar-refractivity contribution in [1.82, 2.24) is 4.57 Å². The third-order valence-electron chi connectivity index (χ3n) is 9.61. The van der Waals surface area contributed by atoms with Crippen molar-refractivity contribution in [3.8, 4) is 35.0 Å². The molecule has 0 N–H and O–H groups in total. The Balaban J connectivity index is 1.42. The van der Waals surface area contributed by atoms with Crippen LogP contribution < -0.4 is 20.7 Å². The molecule has 1 heterocycles. The normalized spacial score (nSPS) is 11.1. The minimum atomic E-state index is -2.88. The Morgan fingerprint density at radius 1 is 0.420 bits per heavy atom. The predicted molar refractivity (Wildman–Crippen MR) is 204 cm³/mol. The molecule has 0 radical (unpaired) electrons. The lowest BCUT2D eigenvalue weighted by Gasteiger charge is -2.34. The van der Waals surface area contributed by atoms with Crippen molar-refractivity contribution in [3.63, 3.8) is 0 Å². The standard InChI is InChI=1S/C45H28N4Si/c46-29-32-20-23-45-43(26-32)41-18-10-11-19-44(41)49(45)36-25-33(30-47)24-35(27-36)42-28-40(22-21-34(42)31-48)50(37-12-4-1-5-13-37,38-14-6-2-7-15-38)39-16-8-3-9-17-39/h1-28H. The SMILES string of the molecule is N#Cc1cc(-c2cc([Si](c3ccccc3)(c3ccccc3)c3ccccc3)ccc2C#N)cc(-n2c3ccccc3c3cc(C#N)ccc32)c1. The first-order valence-corrected chi connectivity index (χ1v) is 18.4. The van der Waals surface area contributed by atoms with Crippen LogP contribution in [0.1, 0.15) is 16.7 Å². The molecule has 0 amide bonds. The van der Waals surface area contributed by atoms with Gasteiger partial charge in [0, 0.05) is 16.5 Å². The van der Waals surface area contributed by atoms with Crippen LogP contribution in [-0.2, 0) is 0 Å². The minimum Gasteiger partial charge on any atom is -0.309 e. The van der Waals surface area contributed by atoms with Gasteiger partial charge in [-0.15, -0.1) is 0 Å². The maximum absolute atomic E-state index is 10.5. The number of hydrogen-bond donors (Lipinski definition) is 0. The minimum absolute atomic E-state index is 0.490. The van der Waals surface area contributed by atoms with E-state index in [1.54, 1.807) is 0 Å². The van der Waals surface area contributed by atoms with E-state index in [-0.39, 0.29) is 0 Å². The monoisotopic (exact) mass is 652 g/mol. The fourth-order valence-corrected chi connectivity index (χ4v) is 12.2. The summed E-state index contributed by atoms with van der Waals surface area (Å²) in [7, 11) is -2.88. The summed E-state index contributed by atoms with van der Waals surface area (Å²) in [5, 5.41) is 37.3. The molecule has 1 aromatic heterocycles. The lowest BCUT2D eigenvalue weighted by Crippen LogP contribution is -2.74. The molecule has 232 valence electrons. The highest BCUT2D eigenvalue weighted by atomic mass is 28.3. The van der Waals surface area contributed by atoms with Crippen LogP contribution in [0.25, 0.3) is 38.6 Å². The fourth-order valence-electron chi connectivity index (χ4n) is 7.46. The second-order valence-corrected chi connectivity index (χ2v) is 16.1. The average molecular weight is 653 g/mol. The highest BCUT2D eigenvalue weighted by Crippen LogP contribution is 2.35. The molecule has 8 aromatic rings. The summed E-state index contributed by atoms with van der Waals surface area (Å²) in [6, 6.07) is 65.1. The van der Waals surface area contributed by atoms with Gasteiger partial charge in [0.1, 0.15) is 0 Å². The molecule has 5 heteroatoms. The van der Waals surface area contributed by atoms with E-state index < -0.39 is 8.07 Å². The molecule has 0 spiro atoms. The van der Waals surface area contributed by atoms with Crippen LogP contribution in [0.4, 0.5) is 0 Å². The average Bonchev–Trinajstić information content (AvgIpc) is 3.53. The van der Waals surface area contributed by atoms with Gasteiger partial charge in [-0.05, 0) is 80.4 Å². The summed E-state index contributed by atoms with van der Waals surface area (Å²) in [4.78, 5) is 0. The zero-order chi connectivity index (χ0) is 34.1. The Morgan fingerprint density at radius 2 is 1.00 bits per heavy atom. The van der Waals surface area contributed by atoms with Crippen LogP contribution in [0.2, 0.25) is 0 Å². The van der Waals surface area contributed by atoms with E-state index >= 15 is 0 Å². The first-order chi connectivity index (χ1) is 24.6. The molecular formula is C45H28N4Si. The van der Waals surface area contributed by atoms with Gasteiger partial charge < -0.3 is 4.57 Å². The van der Waals surface area contributed by atoms with E-state index in [9.17, 15) is 15.8 Å². The molecule has 0 aliphatic rings. The Bertz CT molecular complexity index is 2580. The Labute approximate surface area is 291 Å². The van der Waals surface area contributed by atoms with Crippen molar-refractivity contribution in [2.75, 3.05) is 0 Å². The van der Waals surface area contributed by atoms with Crippen molar-refractivity contribution in [1.29, 1.82) is 15.8 Å². The lowest BCUT2D eigenvalue weighted by molar-refractivity contribution is 1.18. The number of hydrogen-bond acceptors (Lipinski definition) is 3. The summed E-state index contributed by atoms with van der Waals surface area (Å²) < 4.78 is 2.14. The van der Waals surface area contributed by atoms with Crippen LogP contribution in [-0.4, -0.2) is 12.6 Å². The molecule has 0 saturated heterocycles. The third kappa shape index (κ3) is 4.88. The first-order valence-electron chi connectivity index (χ1n) is 16.4. The highest BCUT2D eigenvalue weighted by Gasteiger charge is 2.41. The van der Waals surface area contributed by atoms with E-state index in [0.717, 1.165) is 43.8 Å². The van der Waals surface area contributed by atoms with Crippen molar-refractivity contribution < 1.29 is 0 Å². The summed E-state index contributed by atoms with van der Waals surface area (Å²) in [5.74, 6) is 0. The van der Waals surface area contributed by atoms with Gasteiger partial charge in [-0.3, -0.25) is 0 Å². The van der Waals surface area contributed by atoms with E-state index in [2.05, 4.69) is 126 Å². The van der Waals surface area contributed by atoms with Crippen molar-refractivity contribution in [2.45, 2.75) is 0 Å². The Kier molecular flexibility index (Phi) is 7.63. The molecule has 0 atom stereocenters. The van der Waals surface area contributed by atoms with Gasteiger partial charge in [0.15, 0.2) is 8.07 Å². The summed E-state index contributed by atoms with van der Waals surface area (Å²) in [6.45, 7) is 0. The van der Waals surface area contributed by atoms with Crippen LogP contribution in [0.15, 0.2) is 170 Å². The number of aromatic nitrogens is 1. The zero-order valence-corrected chi connectivity index (χ0v) is 28.0. The van der Waals surface area contributed by atoms with Crippen molar-refractivity contribution in [2.24, 2.45) is 0 Å². The predicted octanol–water partition coefficient (Wildman–Crippen LogP) is 7.44. The molecule has 0 aliphatic heterocycles. The fraction of sp³-hybridized carbons (Fsp3) is 0.